The molecule has 8 heteroatoms. The highest BCUT2D eigenvalue weighted by Crippen LogP contribution is 2.34. The smallest absolute Gasteiger partial charge is 0.279 e. The summed E-state index contributed by atoms with van der Waals surface area (Å²) in [6, 6.07) is 14.0. The van der Waals surface area contributed by atoms with Crippen molar-refractivity contribution in [2.75, 3.05) is 26.2 Å². The summed E-state index contributed by atoms with van der Waals surface area (Å²) in [5.41, 5.74) is 0.442. The van der Waals surface area contributed by atoms with E-state index in [1.807, 2.05) is 23.1 Å². The summed E-state index contributed by atoms with van der Waals surface area (Å²) in [6.07, 6.45) is 4.25. The fraction of sp³-hybridized carbons (Fsp3) is 0.400. The van der Waals surface area contributed by atoms with Crippen LogP contribution in [0.5, 0.6) is 0 Å². The highest BCUT2D eigenvalue weighted by atomic mass is 19.1. The van der Waals surface area contributed by atoms with E-state index in [0.717, 1.165) is 13.1 Å². The maximum absolute atomic E-state index is 14.4. The third kappa shape index (κ3) is 5.46. The lowest BCUT2D eigenvalue weighted by Gasteiger charge is -2.49. The molecule has 0 saturated carbocycles. The number of nitro benzene ring substituents is 1. The first-order valence-corrected chi connectivity index (χ1v) is 11.2. The minimum absolute atomic E-state index is 0.0493. The second-order valence-corrected chi connectivity index (χ2v) is 8.79. The van der Waals surface area contributed by atoms with Gasteiger partial charge >= 0.3 is 0 Å². The summed E-state index contributed by atoms with van der Waals surface area (Å²) < 4.78 is 20.9. The van der Waals surface area contributed by atoms with Crippen molar-refractivity contribution in [2.45, 2.75) is 38.0 Å². The van der Waals surface area contributed by atoms with Gasteiger partial charge in [0.15, 0.2) is 0 Å². The Bertz CT molecular complexity index is 1040. The summed E-state index contributed by atoms with van der Waals surface area (Å²) >= 11 is 0. The maximum Gasteiger partial charge on any atom is 0.279 e. The molecule has 1 spiro atoms. The molecule has 174 valence electrons. The Balaban J connectivity index is 1.57. The molecule has 2 aromatic rings. The summed E-state index contributed by atoms with van der Waals surface area (Å²) in [6.45, 7) is 4.90. The van der Waals surface area contributed by atoms with E-state index in [0.29, 0.717) is 32.5 Å². The van der Waals surface area contributed by atoms with Crippen molar-refractivity contribution < 1.29 is 18.8 Å². The third-order valence-electron chi connectivity index (χ3n) is 6.42. The van der Waals surface area contributed by atoms with Crippen LogP contribution in [-0.2, 0) is 16.1 Å². The molecule has 0 bridgehead atoms. The molecule has 1 amide bonds. The number of likely N-dealkylation sites (tertiary alicyclic amines) is 1. The minimum Gasteiger partial charge on any atom is -0.365 e. The number of rotatable bonds is 5. The summed E-state index contributed by atoms with van der Waals surface area (Å²) in [4.78, 5) is 26.7. The van der Waals surface area contributed by atoms with E-state index in [1.54, 1.807) is 13.0 Å². The molecule has 0 aliphatic carbocycles. The normalized spacial score (nSPS) is 20.9. The third-order valence-corrected chi connectivity index (χ3v) is 6.42. The van der Waals surface area contributed by atoms with E-state index in [9.17, 15) is 19.3 Å². The van der Waals surface area contributed by atoms with Gasteiger partial charge < -0.3 is 9.64 Å². The van der Waals surface area contributed by atoms with Crippen LogP contribution in [0, 0.1) is 15.9 Å². The molecule has 7 nitrogen and oxygen atoms in total. The number of hydrogen-bond acceptors (Lipinski definition) is 5. The van der Waals surface area contributed by atoms with E-state index >= 15 is 0 Å². The number of hydrogen-bond donors (Lipinski definition) is 0. The zero-order valence-electron chi connectivity index (χ0n) is 18.7. The lowest BCUT2D eigenvalue weighted by molar-refractivity contribution is -0.385. The maximum atomic E-state index is 14.4. The van der Waals surface area contributed by atoms with Crippen molar-refractivity contribution in [1.82, 2.24) is 9.80 Å². The quantitative estimate of drug-likeness (QED) is 0.505. The lowest BCUT2D eigenvalue weighted by atomic mass is 9.88. The molecule has 33 heavy (non-hydrogen) atoms. The first kappa shape index (κ1) is 23.1. The molecule has 0 radical (unpaired) electrons. The van der Waals surface area contributed by atoms with Crippen molar-refractivity contribution >= 4 is 17.7 Å². The summed E-state index contributed by atoms with van der Waals surface area (Å²) in [5, 5.41) is 11.3. The molecule has 2 aliphatic heterocycles. The predicted molar refractivity (Wildman–Crippen MR) is 123 cm³/mol. The number of carbonyl (C=O) groups excluding carboxylic acids is 1. The fourth-order valence-electron chi connectivity index (χ4n) is 4.74. The largest absolute Gasteiger partial charge is 0.365 e. The van der Waals surface area contributed by atoms with Gasteiger partial charge in [0.05, 0.1) is 22.2 Å². The van der Waals surface area contributed by atoms with Gasteiger partial charge in [-0.1, -0.05) is 42.5 Å². The first-order valence-electron chi connectivity index (χ1n) is 11.2. The standard InChI is InChI=1S/C25H28FN3O4/c1-19(30)28-14-12-25(13-15-28)18-27(16-20-6-3-2-4-7-20)17-21(33-25)10-11-22-23(26)8-5-9-24(22)29(31)32/h2-11,21H,12-18H2,1H3/b11-10+/t21-/m1/s1. The van der Waals surface area contributed by atoms with Crippen molar-refractivity contribution in [3.63, 3.8) is 0 Å². The van der Waals surface area contributed by atoms with Gasteiger partial charge in [-0.05, 0) is 30.5 Å². The van der Waals surface area contributed by atoms with E-state index in [4.69, 9.17) is 4.74 Å². The molecule has 2 fully saturated rings. The van der Waals surface area contributed by atoms with Gasteiger partial charge in [0.25, 0.3) is 5.69 Å². The number of nitrogens with zero attached hydrogens (tertiary/aromatic N) is 3. The Hall–Kier alpha value is -3.10. The molecular weight excluding hydrogens is 425 g/mol. The SMILES string of the molecule is CC(=O)N1CCC2(CC1)CN(Cc1ccccc1)C[C@@H](/C=C/c1c(F)cccc1[N+](=O)[O-])O2. The molecule has 2 saturated heterocycles. The van der Waals surface area contributed by atoms with Crippen molar-refractivity contribution in [3.8, 4) is 0 Å². The van der Waals surface area contributed by atoms with Crippen molar-refractivity contribution in [3.05, 3.63) is 81.7 Å². The monoisotopic (exact) mass is 453 g/mol. The van der Waals surface area contributed by atoms with E-state index < -0.39 is 16.3 Å². The van der Waals surface area contributed by atoms with Crippen LogP contribution < -0.4 is 0 Å². The number of halogens is 1. The Kier molecular flexibility index (Phi) is 6.85. The Morgan fingerprint density at radius 2 is 1.94 bits per heavy atom. The molecule has 4 rings (SSSR count). The van der Waals surface area contributed by atoms with Crippen molar-refractivity contribution in [1.29, 1.82) is 0 Å². The Labute approximate surface area is 192 Å². The summed E-state index contributed by atoms with van der Waals surface area (Å²) in [7, 11) is 0. The van der Waals surface area contributed by atoms with Gasteiger partial charge in [-0.15, -0.1) is 0 Å². The number of ether oxygens (including phenoxy) is 1. The second kappa shape index (κ2) is 9.80. The zero-order valence-corrected chi connectivity index (χ0v) is 18.7. The predicted octanol–water partition coefficient (Wildman–Crippen LogP) is 4.03. The minimum atomic E-state index is -0.637. The molecular formula is C25H28FN3O4. The fourth-order valence-corrected chi connectivity index (χ4v) is 4.74. The van der Waals surface area contributed by atoms with Gasteiger partial charge in [0, 0.05) is 45.7 Å². The molecule has 2 aliphatic rings. The Morgan fingerprint density at radius 3 is 2.61 bits per heavy atom. The van der Waals surface area contributed by atoms with E-state index in [2.05, 4.69) is 17.0 Å². The molecule has 1 atom stereocenters. The van der Waals surface area contributed by atoms with Crippen LogP contribution in [0.1, 0.15) is 30.9 Å². The second-order valence-electron chi connectivity index (χ2n) is 8.79. The van der Waals surface area contributed by atoms with Gasteiger partial charge in [0.2, 0.25) is 5.91 Å². The van der Waals surface area contributed by atoms with Crippen LogP contribution in [-0.4, -0.2) is 58.5 Å². The van der Waals surface area contributed by atoms with Gasteiger partial charge in [-0.25, -0.2) is 4.39 Å². The zero-order chi connectivity index (χ0) is 23.4. The molecule has 0 aromatic heterocycles. The van der Waals surface area contributed by atoms with Crippen LogP contribution in [0.25, 0.3) is 6.08 Å². The van der Waals surface area contributed by atoms with E-state index in [1.165, 1.54) is 29.8 Å². The van der Waals surface area contributed by atoms with Gasteiger partial charge in [-0.3, -0.25) is 19.8 Å². The van der Waals surface area contributed by atoms with Crippen LogP contribution in [0.3, 0.4) is 0 Å². The highest BCUT2D eigenvalue weighted by molar-refractivity contribution is 5.73. The topological polar surface area (TPSA) is 75.9 Å². The molecule has 0 N–H and O–H groups in total. The molecule has 0 unspecified atom stereocenters. The molecule has 2 heterocycles. The van der Waals surface area contributed by atoms with Crippen LogP contribution in [0.15, 0.2) is 54.6 Å². The average molecular weight is 454 g/mol. The van der Waals surface area contributed by atoms with Crippen LogP contribution in [0.2, 0.25) is 0 Å². The van der Waals surface area contributed by atoms with Gasteiger partial charge in [0.1, 0.15) is 5.82 Å². The first-order chi connectivity index (χ1) is 15.8. The number of carbonyl (C=O) groups is 1. The lowest BCUT2D eigenvalue weighted by Crippen LogP contribution is -2.59. The van der Waals surface area contributed by atoms with Crippen molar-refractivity contribution in [2.24, 2.45) is 0 Å². The number of benzene rings is 2. The average Bonchev–Trinajstić information content (AvgIpc) is 2.79. The van der Waals surface area contributed by atoms with E-state index in [-0.39, 0.29) is 23.3 Å². The number of piperidine rings is 1. The number of morpholine rings is 1. The van der Waals surface area contributed by atoms with Gasteiger partial charge in [-0.2, -0.15) is 0 Å². The Morgan fingerprint density at radius 1 is 1.21 bits per heavy atom. The summed E-state index contributed by atoms with van der Waals surface area (Å²) in [5.74, 6) is -0.577. The number of amides is 1. The number of nitro groups is 1. The molecule has 2 aromatic carbocycles. The van der Waals surface area contributed by atoms with Crippen LogP contribution >= 0.6 is 0 Å². The highest BCUT2D eigenvalue weighted by Gasteiger charge is 2.42. The van der Waals surface area contributed by atoms with Crippen LogP contribution in [0.4, 0.5) is 10.1 Å².